The number of imidazole rings is 1. The number of fused-ring (bicyclic) bond motifs is 1. The van der Waals surface area contributed by atoms with E-state index in [0.717, 1.165) is 17.6 Å². The molecule has 0 unspecified atom stereocenters. The van der Waals surface area contributed by atoms with Crippen LogP contribution in [0.2, 0.25) is 0 Å². The Morgan fingerprint density at radius 2 is 1.67 bits per heavy atom. The third-order valence-electron chi connectivity index (χ3n) is 5.25. The van der Waals surface area contributed by atoms with Crippen LogP contribution in [0.3, 0.4) is 0 Å². The van der Waals surface area contributed by atoms with E-state index in [0.29, 0.717) is 24.7 Å². The molecule has 2 N–H and O–H groups in total. The SMILES string of the molecule is Cc1ccn2cc(CNC(=O)c3cn(CC(C)C)cc(C(=O)NCCC(C)C)c3=O)nc2c1. The molecular weight excluding hydrogens is 418 g/mol. The molecule has 0 saturated heterocycles. The molecule has 0 aliphatic rings. The van der Waals surface area contributed by atoms with E-state index in [1.807, 2.05) is 49.7 Å². The number of nitrogens with zero attached hydrogens (tertiary/aromatic N) is 3. The predicted octanol–water partition coefficient (Wildman–Crippen LogP) is 3.17. The van der Waals surface area contributed by atoms with Crippen LogP contribution in [0.25, 0.3) is 5.65 Å². The summed E-state index contributed by atoms with van der Waals surface area (Å²) in [4.78, 5) is 43.2. The zero-order valence-electron chi connectivity index (χ0n) is 20.0. The minimum absolute atomic E-state index is 0.0183. The average molecular weight is 452 g/mol. The van der Waals surface area contributed by atoms with E-state index in [4.69, 9.17) is 0 Å². The van der Waals surface area contributed by atoms with Gasteiger partial charge in [-0.15, -0.1) is 0 Å². The summed E-state index contributed by atoms with van der Waals surface area (Å²) in [6.45, 7) is 11.4. The lowest BCUT2D eigenvalue weighted by Crippen LogP contribution is -2.36. The van der Waals surface area contributed by atoms with Crippen molar-refractivity contribution in [2.24, 2.45) is 11.8 Å². The largest absolute Gasteiger partial charge is 0.352 e. The van der Waals surface area contributed by atoms with Crippen LogP contribution < -0.4 is 16.1 Å². The molecule has 3 heterocycles. The van der Waals surface area contributed by atoms with E-state index in [-0.39, 0.29) is 23.6 Å². The fraction of sp³-hybridized carbons (Fsp3) is 0.440. The van der Waals surface area contributed by atoms with Crippen LogP contribution in [0.5, 0.6) is 0 Å². The first-order chi connectivity index (χ1) is 15.6. The Morgan fingerprint density at radius 3 is 2.30 bits per heavy atom. The number of amides is 2. The highest BCUT2D eigenvalue weighted by Crippen LogP contribution is 2.09. The zero-order valence-corrected chi connectivity index (χ0v) is 20.0. The molecule has 0 saturated carbocycles. The van der Waals surface area contributed by atoms with Gasteiger partial charge in [-0.1, -0.05) is 27.7 Å². The molecule has 33 heavy (non-hydrogen) atoms. The van der Waals surface area contributed by atoms with E-state index >= 15 is 0 Å². The van der Waals surface area contributed by atoms with E-state index in [2.05, 4.69) is 29.5 Å². The lowest BCUT2D eigenvalue weighted by Gasteiger charge is -2.14. The van der Waals surface area contributed by atoms with Gasteiger partial charge < -0.3 is 19.6 Å². The number of carbonyl (C=O) groups is 2. The highest BCUT2D eigenvalue weighted by Gasteiger charge is 2.20. The summed E-state index contributed by atoms with van der Waals surface area (Å²) in [5.41, 5.74) is 1.93. The monoisotopic (exact) mass is 451 g/mol. The first-order valence-corrected chi connectivity index (χ1v) is 11.4. The third-order valence-corrected chi connectivity index (χ3v) is 5.25. The van der Waals surface area contributed by atoms with Crippen LogP contribution >= 0.6 is 0 Å². The van der Waals surface area contributed by atoms with Gasteiger partial charge in [0, 0.05) is 37.9 Å². The van der Waals surface area contributed by atoms with Crippen LogP contribution in [0.15, 0.2) is 41.7 Å². The van der Waals surface area contributed by atoms with E-state index in [1.165, 1.54) is 12.4 Å². The number of aryl methyl sites for hydroxylation is 1. The van der Waals surface area contributed by atoms with E-state index < -0.39 is 17.2 Å². The van der Waals surface area contributed by atoms with Gasteiger partial charge in [-0.25, -0.2) is 4.98 Å². The van der Waals surface area contributed by atoms with Crippen LogP contribution in [-0.2, 0) is 13.1 Å². The summed E-state index contributed by atoms with van der Waals surface area (Å²) in [7, 11) is 0. The maximum Gasteiger partial charge on any atom is 0.257 e. The summed E-state index contributed by atoms with van der Waals surface area (Å²) in [5, 5.41) is 5.57. The Morgan fingerprint density at radius 1 is 1.00 bits per heavy atom. The van der Waals surface area contributed by atoms with Crippen molar-refractivity contribution in [2.45, 2.75) is 54.1 Å². The zero-order chi connectivity index (χ0) is 24.1. The molecule has 2 amide bonds. The van der Waals surface area contributed by atoms with Crippen molar-refractivity contribution in [3.05, 3.63) is 69.5 Å². The van der Waals surface area contributed by atoms with Gasteiger partial charge in [0.2, 0.25) is 5.43 Å². The van der Waals surface area contributed by atoms with Crippen LogP contribution in [-0.4, -0.2) is 32.3 Å². The molecule has 0 radical (unpaired) electrons. The molecule has 0 atom stereocenters. The van der Waals surface area contributed by atoms with Crippen molar-refractivity contribution in [3.63, 3.8) is 0 Å². The van der Waals surface area contributed by atoms with Crippen molar-refractivity contribution in [1.82, 2.24) is 24.6 Å². The van der Waals surface area contributed by atoms with Gasteiger partial charge in [-0.3, -0.25) is 14.4 Å². The number of nitrogens with one attached hydrogen (secondary N) is 2. The molecule has 176 valence electrons. The predicted molar refractivity (Wildman–Crippen MR) is 128 cm³/mol. The van der Waals surface area contributed by atoms with Gasteiger partial charge in [0.25, 0.3) is 11.8 Å². The molecule has 0 aliphatic carbocycles. The highest BCUT2D eigenvalue weighted by molar-refractivity contribution is 5.99. The number of carbonyl (C=O) groups excluding carboxylic acids is 2. The molecule has 3 aromatic rings. The van der Waals surface area contributed by atoms with Crippen molar-refractivity contribution in [2.75, 3.05) is 6.54 Å². The number of hydrogen-bond acceptors (Lipinski definition) is 4. The third kappa shape index (κ3) is 6.31. The smallest absolute Gasteiger partial charge is 0.257 e. The lowest BCUT2D eigenvalue weighted by atomic mass is 10.1. The van der Waals surface area contributed by atoms with Gasteiger partial charge in [0.1, 0.15) is 16.8 Å². The average Bonchev–Trinajstić information content (AvgIpc) is 3.14. The van der Waals surface area contributed by atoms with E-state index in [9.17, 15) is 14.4 Å². The van der Waals surface area contributed by atoms with Gasteiger partial charge in [-0.2, -0.15) is 0 Å². The molecule has 8 heteroatoms. The minimum Gasteiger partial charge on any atom is -0.352 e. The summed E-state index contributed by atoms with van der Waals surface area (Å²) in [6, 6.07) is 3.93. The van der Waals surface area contributed by atoms with Gasteiger partial charge in [0.05, 0.1) is 12.2 Å². The molecule has 3 aromatic heterocycles. The fourth-order valence-corrected chi connectivity index (χ4v) is 3.54. The Balaban J connectivity index is 1.82. The maximum atomic E-state index is 13.0. The number of rotatable bonds is 9. The Labute approximate surface area is 194 Å². The highest BCUT2D eigenvalue weighted by atomic mass is 16.2. The normalized spacial score (nSPS) is 11.4. The number of aromatic nitrogens is 3. The van der Waals surface area contributed by atoms with E-state index in [1.54, 1.807) is 4.57 Å². The lowest BCUT2D eigenvalue weighted by molar-refractivity contribution is 0.0947. The fourth-order valence-electron chi connectivity index (χ4n) is 3.54. The van der Waals surface area contributed by atoms with Gasteiger partial charge >= 0.3 is 0 Å². The topological polar surface area (TPSA) is 97.5 Å². The minimum atomic E-state index is -0.569. The van der Waals surface area contributed by atoms with Crippen molar-refractivity contribution in [3.8, 4) is 0 Å². The van der Waals surface area contributed by atoms with Crippen LogP contribution in [0.1, 0.15) is 66.1 Å². The Bertz CT molecular complexity index is 1210. The quantitative estimate of drug-likeness (QED) is 0.522. The summed E-state index contributed by atoms with van der Waals surface area (Å²) < 4.78 is 3.62. The molecule has 0 spiro atoms. The van der Waals surface area contributed by atoms with Crippen LogP contribution in [0, 0.1) is 18.8 Å². The standard InChI is InChI=1S/C25H33N5O3/c1-16(2)6-8-26-24(32)20-14-29(12-17(3)4)15-21(23(20)31)25(33)27-11-19-13-30-9-7-18(5)10-22(30)28-19/h7,9-10,13-17H,6,8,11-12H2,1-5H3,(H,26,32)(H,27,33). The molecular formula is C25H33N5O3. The molecule has 3 rings (SSSR count). The molecule has 0 aromatic carbocycles. The summed E-state index contributed by atoms with van der Waals surface area (Å²) >= 11 is 0. The molecule has 8 nitrogen and oxygen atoms in total. The first-order valence-electron chi connectivity index (χ1n) is 11.4. The first kappa shape index (κ1) is 24.2. The number of hydrogen-bond donors (Lipinski definition) is 2. The molecule has 0 aliphatic heterocycles. The van der Waals surface area contributed by atoms with Gasteiger partial charge in [0.15, 0.2) is 0 Å². The van der Waals surface area contributed by atoms with Gasteiger partial charge in [-0.05, 0) is 42.9 Å². The molecule has 0 bridgehead atoms. The Hall–Kier alpha value is -3.42. The van der Waals surface area contributed by atoms with Crippen molar-refractivity contribution in [1.29, 1.82) is 0 Å². The second-order valence-corrected chi connectivity index (χ2v) is 9.33. The van der Waals surface area contributed by atoms with Crippen molar-refractivity contribution >= 4 is 17.5 Å². The maximum absolute atomic E-state index is 13.0. The second kappa shape index (κ2) is 10.5. The van der Waals surface area contributed by atoms with Crippen LogP contribution in [0.4, 0.5) is 0 Å². The second-order valence-electron chi connectivity index (χ2n) is 9.33. The Kier molecular flexibility index (Phi) is 7.68. The molecule has 0 fully saturated rings. The number of pyridine rings is 2. The van der Waals surface area contributed by atoms with Crippen molar-refractivity contribution < 1.29 is 9.59 Å². The summed E-state index contributed by atoms with van der Waals surface area (Å²) in [5.74, 6) is -0.267. The summed E-state index contributed by atoms with van der Waals surface area (Å²) in [6.07, 6.45) is 7.62.